The van der Waals surface area contributed by atoms with Gasteiger partial charge in [-0.2, -0.15) is 0 Å². The first kappa shape index (κ1) is 26.4. The van der Waals surface area contributed by atoms with E-state index >= 15 is 0 Å². The first-order valence-corrected chi connectivity index (χ1v) is 12.5. The van der Waals surface area contributed by atoms with Crippen LogP contribution in [-0.4, -0.2) is 63.5 Å². The van der Waals surface area contributed by atoms with E-state index < -0.39 is 9.84 Å². The first-order valence-electron chi connectivity index (χ1n) is 10.7. The highest BCUT2D eigenvalue weighted by molar-refractivity contribution is 14.0. The topological polar surface area (TPSA) is 83.0 Å². The maximum Gasteiger partial charge on any atom is 0.191 e. The van der Waals surface area contributed by atoms with Crippen molar-refractivity contribution in [2.45, 2.75) is 20.4 Å². The Morgan fingerprint density at radius 1 is 1.09 bits per heavy atom. The third-order valence-corrected chi connectivity index (χ3v) is 6.71. The summed E-state index contributed by atoms with van der Waals surface area (Å²) >= 11 is 0. The zero-order valence-electron chi connectivity index (χ0n) is 18.7. The number of halogens is 1. The van der Waals surface area contributed by atoms with E-state index in [2.05, 4.69) is 27.7 Å². The van der Waals surface area contributed by atoms with Gasteiger partial charge in [-0.1, -0.05) is 30.3 Å². The van der Waals surface area contributed by atoms with Gasteiger partial charge in [0.1, 0.15) is 11.5 Å². The van der Waals surface area contributed by atoms with E-state index in [1.54, 1.807) is 0 Å². The summed E-state index contributed by atoms with van der Waals surface area (Å²) in [7, 11) is -2.84. The van der Waals surface area contributed by atoms with Crippen LogP contribution in [0.1, 0.15) is 18.1 Å². The molecular formula is C23H33IN4O3S. The summed E-state index contributed by atoms with van der Waals surface area (Å²) in [4.78, 5) is 6.89. The van der Waals surface area contributed by atoms with Crippen molar-refractivity contribution in [3.63, 3.8) is 0 Å². The predicted octanol–water partition coefficient (Wildman–Crippen LogP) is 3.19. The third-order valence-electron chi connectivity index (χ3n) is 5.10. The first-order chi connectivity index (χ1) is 14.9. The highest BCUT2D eigenvalue weighted by Gasteiger charge is 2.20. The summed E-state index contributed by atoms with van der Waals surface area (Å²) in [5.74, 6) is 2.84. The average Bonchev–Trinajstić information content (AvgIpc) is 2.75. The van der Waals surface area contributed by atoms with Crippen molar-refractivity contribution in [2.24, 2.45) is 4.99 Å². The van der Waals surface area contributed by atoms with E-state index in [0.29, 0.717) is 26.2 Å². The number of para-hydroxylation sites is 1. The summed E-state index contributed by atoms with van der Waals surface area (Å²) in [5, 5.41) is 6.61. The fraction of sp³-hybridized carbons (Fsp3) is 0.435. The van der Waals surface area contributed by atoms with Crippen LogP contribution in [0.4, 0.5) is 0 Å². The van der Waals surface area contributed by atoms with Crippen molar-refractivity contribution in [3.8, 4) is 11.5 Å². The molecule has 0 aliphatic carbocycles. The van der Waals surface area contributed by atoms with Gasteiger partial charge < -0.3 is 15.4 Å². The van der Waals surface area contributed by atoms with E-state index in [-0.39, 0.29) is 35.5 Å². The Morgan fingerprint density at radius 2 is 1.81 bits per heavy atom. The number of guanidine groups is 1. The minimum atomic E-state index is -2.84. The Morgan fingerprint density at radius 3 is 2.50 bits per heavy atom. The molecule has 0 bridgehead atoms. The molecule has 0 saturated carbocycles. The van der Waals surface area contributed by atoms with Crippen LogP contribution in [0.5, 0.6) is 11.5 Å². The number of aryl methyl sites for hydroxylation is 1. The number of hydrogen-bond donors (Lipinski definition) is 2. The molecule has 0 spiro atoms. The highest BCUT2D eigenvalue weighted by atomic mass is 127. The second-order valence-electron chi connectivity index (χ2n) is 7.64. The molecule has 0 atom stereocenters. The number of nitrogens with zero attached hydrogens (tertiary/aromatic N) is 2. The molecule has 1 heterocycles. The number of ether oxygens (including phenoxy) is 1. The van der Waals surface area contributed by atoms with E-state index in [9.17, 15) is 8.42 Å². The van der Waals surface area contributed by atoms with Gasteiger partial charge in [-0.15, -0.1) is 24.0 Å². The van der Waals surface area contributed by atoms with Gasteiger partial charge in [0.2, 0.25) is 0 Å². The lowest BCUT2D eigenvalue weighted by Crippen LogP contribution is -2.45. The summed E-state index contributed by atoms with van der Waals surface area (Å²) < 4.78 is 29.2. The quantitative estimate of drug-likeness (QED) is 0.287. The molecule has 1 saturated heterocycles. The lowest BCUT2D eigenvalue weighted by Gasteiger charge is -2.26. The molecule has 7 nitrogen and oxygen atoms in total. The van der Waals surface area contributed by atoms with Gasteiger partial charge in [-0.05, 0) is 37.6 Å². The lowest BCUT2D eigenvalue weighted by molar-refractivity contribution is 0.299. The predicted molar refractivity (Wildman–Crippen MR) is 141 cm³/mol. The number of hydrogen-bond acceptors (Lipinski definition) is 5. The van der Waals surface area contributed by atoms with Crippen LogP contribution in [-0.2, 0) is 16.4 Å². The van der Waals surface area contributed by atoms with E-state index in [1.807, 2.05) is 50.2 Å². The summed E-state index contributed by atoms with van der Waals surface area (Å²) in [6.45, 7) is 8.00. The smallest absolute Gasteiger partial charge is 0.191 e. The van der Waals surface area contributed by atoms with Crippen LogP contribution >= 0.6 is 24.0 Å². The molecule has 0 unspecified atom stereocenters. The Labute approximate surface area is 208 Å². The largest absolute Gasteiger partial charge is 0.457 e. The molecule has 32 heavy (non-hydrogen) atoms. The lowest BCUT2D eigenvalue weighted by atomic mass is 10.1. The van der Waals surface area contributed by atoms with Crippen LogP contribution in [0.3, 0.4) is 0 Å². The Kier molecular flexibility index (Phi) is 10.7. The number of rotatable bonds is 8. The van der Waals surface area contributed by atoms with E-state index in [4.69, 9.17) is 9.73 Å². The van der Waals surface area contributed by atoms with Gasteiger partial charge in [0.05, 0.1) is 18.1 Å². The zero-order chi connectivity index (χ0) is 22.1. The molecule has 0 aromatic heterocycles. The van der Waals surface area contributed by atoms with Gasteiger partial charge >= 0.3 is 0 Å². The maximum absolute atomic E-state index is 11.6. The van der Waals surface area contributed by atoms with Crippen LogP contribution in [0.25, 0.3) is 0 Å². The van der Waals surface area contributed by atoms with E-state index in [1.165, 1.54) is 0 Å². The van der Waals surface area contributed by atoms with Crippen LogP contribution < -0.4 is 15.4 Å². The minimum absolute atomic E-state index is 0. The Hall–Kier alpha value is -1.85. The van der Waals surface area contributed by atoms with Crippen LogP contribution in [0.15, 0.2) is 53.5 Å². The SMILES string of the molecule is CCNC(=NCc1ccc(C)cc1Oc1ccccc1)NCCN1CCS(=O)(=O)CC1.I. The fourth-order valence-electron chi connectivity index (χ4n) is 3.32. The van der Waals surface area contributed by atoms with Gasteiger partial charge in [0.25, 0.3) is 0 Å². The van der Waals surface area contributed by atoms with Gasteiger partial charge in [0, 0.05) is 38.3 Å². The monoisotopic (exact) mass is 572 g/mol. The second kappa shape index (κ2) is 13.0. The van der Waals surface area contributed by atoms with Gasteiger partial charge in [0.15, 0.2) is 15.8 Å². The molecule has 0 radical (unpaired) electrons. The molecular weight excluding hydrogens is 539 g/mol. The maximum atomic E-state index is 11.6. The van der Waals surface area contributed by atoms with Crippen molar-refractivity contribution in [3.05, 3.63) is 59.7 Å². The molecule has 1 aliphatic heterocycles. The molecule has 2 N–H and O–H groups in total. The number of nitrogens with one attached hydrogen (secondary N) is 2. The standard InChI is InChI=1S/C23H32N4O3S.HI/c1-3-24-23(25-11-12-27-13-15-31(28,29)16-14-27)26-18-20-10-9-19(2)17-22(20)30-21-7-5-4-6-8-21;/h4-10,17H,3,11-16,18H2,1-2H3,(H2,24,25,26);1H. The van der Waals surface area contributed by atoms with Crippen molar-refractivity contribution in [1.82, 2.24) is 15.5 Å². The summed E-state index contributed by atoms with van der Waals surface area (Å²) in [6.07, 6.45) is 0. The zero-order valence-corrected chi connectivity index (χ0v) is 21.9. The van der Waals surface area contributed by atoms with Crippen molar-refractivity contribution >= 4 is 39.8 Å². The van der Waals surface area contributed by atoms with Crippen LogP contribution in [0.2, 0.25) is 0 Å². The summed E-state index contributed by atoms with van der Waals surface area (Å²) in [5.41, 5.74) is 2.14. The van der Waals surface area contributed by atoms with Gasteiger partial charge in [-0.3, -0.25) is 4.90 Å². The van der Waals surface area contributed by atoms with Crippen LogP contribution in [0, 0.1) is 6.92 Å². The number of aliphatic imine (C=N–C) groups is 1. The number of benzene rings is 2. The summed E-state index contributed by atoms with van der Waals surface area (Å²) in [6, 6.07) is 15.9. The van der Waals surface area contributed by atoms with Crippen molar-refractivity contribution in [2.75, 3.05) is 44.2 Å². The molecule has 2 aromatic carbocycles. The van der Waals surface area contributed by atoms with Gasteiger partial charge in [-0.25, -0.2) is 13.4 Å². The van der Waals surface area contributed by atoms with Crippen molar-refractivity contribution < 1.29 is 13.2 Å². The molecule has 3 rings (SSSR count). The Bertz CT molecular complexity index is 970. The second-order valence-corrected chi connectivity index (χ2v) is 9.95. The molecule has 2 aromatic rings. The van der Waals surface area contributed by atoms with E-state index in [0.717, 1.165) is 41.7 Å². The third kappa shape index (κ3) is 8.59. The molecule has 9 heteroatoms. The molecule has 1 aliphatic rings. The molecule has 176 valence electrons. The minimum Gasteiger partial charge on any atom is -0.457 e. The molecule has 0 amide bonds. The number of sulfone groups is 1. The fourth-order valence-corrected chi connectivity index (χ4v) is 4.59. The van der Waals surface area contributed by atoms with Crippen molar-refractivity contribution in [1.29, 1.82) is 0 Å². The Balaban J connectivity index is 0.00000363. The molecule has 1 fully saturated rings. The normalized spacial score (nSPS) is 16.1. The average molecular weight is 573 g/mol. The highest BCUT2D eigenvalue weighted by Crippen LogP contribution is 2.27.